The molecule has 3 amide bonds. The van der Waals surface area contributed by atoms with Gasteiger partial charge in [0.2, 0.25) is 11.8 Å². The third-order valence-electron chi connectivity index (χ3n) is 8.96. The zero-order valence-electron chi connectivity index (χ0n) is 24.5. The van der Waals surface area contributed by atoms with Gasteiger partial charge in [0.15, 0.2) is 0 Å². The lowest BCUT2D eigenvalue weighted by molar-refractivity contribution is -0.126. The zero-order chi connectivity index (χ0) is 27.9. The second-order valence-corrected chi connectivity index (χ2v) is 12.4. The zero-order valence-corrected chi connectivity index (χ0v) is 24.5. The Morgan fingerprint density at radius 2 is 1.75 bits per heavy atom. The number of amidine groups is 1. The molecule has 5 rings (SSSR count). The Hall–Kier alpha value is -2.68. The van der Waals surface area contributed by atoms with E-state index in [-0.39, 0.29) is 36.0 Å². The third kappa shape index (κ3) is 7.53. The minimum atomic E-state index is -0.240. The van der Waals surface area contributed by atoms with Crippen molar-refractivity contribution in [2.24, 2.45) is 10.9 Å². The van der Waals surface area contributed by atoms with Crippen molar-refractivity contribution >= 4 is 23.5 Å². The third-order valence-corrected chi connectivity index (χ3v) is 8.96. The fourth-order valence-corrected chi connectivity index (χ4v) is 6.82. The standard InChI is InChI=1S/C31H48N6O3/c1-22(2)33-30(38)23-11-13-26(14-12-23)37-27-20-29(40-18-17-36-15-7-4-8-16-36)32-21-24(27)19-28(37)35-31(39)34-25-9-5-3-6-10-25/h20-23,25-26H,3-19H2,1-2H3,(H,33,38)(H,34,39). The number of hydrogen-bond acceptors (Lipinski definition) is 5. The molecule has 1 saturated heterocycles. The Balaban J connectivity index is 1.29. The van der Waals surface area contributed by atoms with Gasteiger partial charge in [-0.15, -0.1) is 0 Å². The number of carbonyl (C=O) groups is 2. The van der Waals surface area contributed by atoms with Crippen molar-refractivity contribution in [1.29, 1.82) is 0 Å². The SMILES string of the molecule is CC(C)NC(=O)C1CCC(N2C(=NC(=O)NC3CCCCC3)Cc3cnc(OCCN4CCCCC4)cc32)CC1. The van der Waals surface area contributed by atoms with E-state index in [2.05, 4.69) is 30.4 Å². The predicted octanol–water partition coefficient (Wildman–Crippen LogP) is 4.83. The van der Waals surface area contributed by atoms with Crippen molar-refractivity contribution in [2.45, 2.75) is 115 Å². The summed E-state index contributed by atoms with van der Waals surface area (Å²) >= 11 is 0. The number of urea groups is 1. The summed E-state index contributed by atoms with van der Waals surface area (Å²) in [5, 5.41) is 6.23. The molecule has 2 aliphatic heterocycles. The largest absolute Gasteiger partial charge is 0.476 e. The molecule has 9 nitrogen and oxygen atoms in total. The molecule has 1 aromatic rings. The highest BCUT2D eigenvalue weighted by Gasteiger charge is 2.37. The highest BCUT2D eigenvalue weighted by molar-refractivity contribution is 6.09. The number of aromatic nitrogens is 1. The Morgan fingerprint density at radius 1 is 1.02 bits per heavy atom. The van der Waals surface area contributed by atoms with Crippen molar-refractivity contribution in [2.75, 3.05) is 31.1 Å². The second-order valence-electron chi connectivity index (χ2n) is 12.4. The monoisotopic (exact) mass is 552 g/mol. The maximum absolute atomic E-state index is 13.0. The van der Waals surface area contributed by atoms with Crippen molar-refractivity contribution in [3.05, 3.63) is 17.8 Å². The highest BCUT2D eigenvalue weighted by atomic mass is 16.5. The maximum Gasteiger partial charge on any atom is 0.342 e. The van der Waals surface area contributed by atoms with Crippen LogP contribution in [0.5, 0.6) is 5.88 Å². The van der Waals surface area contributed by atoms with Gasteiger partial charge in [-0.3, -0.25) is 9.69 Å². The molecule has 1 aromatic heterocycles. The van der Waals surface area contributed by atoms with Crippen LogP contribution in [0.1, 0.15) is 96.5 Å². The first-order chi connectivity index (χ1) is 19.5. The molecule has 40 heavy (non-hydrogen) atoms. The van der Waals surface area contributed by atoms with Gasteiger partial charge >= 0.3 is 6.03 Å². The van der Waals surface area contributed by atoms with Crippen LogP contribution in [0.15, 0.2) is 17.3 Å². The number of nitrogens with one attached hydrogen (secondary N) is 2. The Morgan fingerprint density at radius 3 is 2.48 bits per heavy atom. The number of nitrogens with zero attached hydrogens (tertiary/aromatic N) is 4. The summed E-state index contributed by atoms with van der Waals surface area (Å²) in [4.78, 5) is 39.6. The van der Waals surface area contributed by atoms with Gasteiger partial charge in [0.05, 0.1) is 5.69 Å². The molecule has 220 valence electrons. The number of ether oxygens (including phenoxy) is 1. The maximum atomic E-state index is 13.0. The van der Waals surface area contributed by atoms with Crippen molar-refractivity contribution in [3.8, 4) is 5.88 Å². The van der Waals surface area contributed by atoms with Crippen LogP contribution in [0.3, 0.4) is 0 Å². The number of pyridine rings is 1. The first-order valence-corrected chi connectivity index (χ1v) is 15.8. The molecule has 3 fully saturated rings. The molecule has 0 spiro atoms. The van der Waals surface area contributed by atoms with Gasteiger partial charge in [0.1, 0.15) is 12.4 Å². The number of amides is 3. The van der Waals surface area contributed by atoms with Crippen LogP contribution in [0.4, 0.5) is 10.5 Å². The summed E-state index contributed by atoms with van der Waals surface area (Å²) in [6, 6.07) is 2.35. The van der Waals surface area contributed by atoms with Crippen molar-refractivity contribution in [1.82, 2.24) is 20.5 Å². The van der Waals surface area contributed by atoms with E-state index in [9.17, 15) is 9.59 Å². The van der Waals surface area contributed by atoms with Gasteiger partial charge in [-0.2, -0.15) is 4.99 Å². The Kier molecular flexibility index (Phi) is 9.94. The second kappa shape index (κ2) is 13.8. The van der Waals surface area contributed by atoms with Crippen molar-refractivity contribution < 1.29 is 14.3 Å². The molecular formula is C31H48N6O3. The Labute approximate surface area is 239 Å². The van der Waals surface area contributed by atoms with Crippen LogP contribution in [0.25, 0.3) is 0 Å². The molecule has 0 unspecified atom stereocenters. The molecular weight excluding hydrogens is 504 g/mol. The van der Waals surface area contributed by atoms with E-state index in [0.717, 1.165) is 75.2 Å². The van der Waals surface area contributed by atoms with Crippen molar-refractivity contribution in [3.63, 3.8) is 0 Å². The average Bonchev–Trinajstić information content (AvgIpc) is 3.30. The lowest BCUT2D eigenvalue weighted by atomic mass is 9.84. The van der Waals surface area contributed by atoms with Crippen LogP contribution < -0.4 is 20.3 Å². The summed E-state index contributed by atoms with van der Waals surface area (Å²) in [5.74, 6) is 1.61. The molecule has 0 radical (unpaired) electrons. The number of hydrogen-bond donors (Lipinski definition) is 2. The summed E-state index contributed by atoms with van der Waals surface area (Å²) in [5.41, 5.74) is 2.12. The number of carbonyl (C=O) groups excluding carboxylic acids is 2. The van der Waals surface area contributed by atoms with E-state index in [1.807, 2.05) is 26.1 Å². The predicted molar refractivity (Wildman–Crippen MR) is 158 cm³/mol. The highest BCUT2D eigenvalue weighted by Crippen LogP contribution is 2.38. The number of anilines is 1. The molecule has 3 heterocycles. The number of likely N-dealkylation sites (tertiary alicyclic amines) is 1. The first-order valence-electron chi connectivity index (χ1n) is 15.8. The number of piperidine rings is 1. The minimum absolute atomic E-state index is 0.0434. The fraction of sp³-hybridized carbons (Fsp3) is 0.742. The van der Waals surface area contributed by atoms with Gasteiger partial charge in [0, 0.05) is 54.8 Å². The molecule has 2 saturated carbocycles. The van der Waals surface area contributed by atoms with Crippen LogP contribution in [-0.4, -0.2) is 72.0 Å². The molecule has 0 bridgehead atoms. The number of rotatable bonds is 8. The van der Waals surface area contributed by atoms with Crippen LogP contribution in [0, 0.1) is 5.92 Å². The lowest BCUT2D eigenvalue weighted by Crippen LogP contribution is -2.44. The van der Waals surface area contributed by atoms with E-state index in [1.165, 1.54) is 38.5 Å². The van der Waals surface area contributed by atoms with Crippen LogP contribution in [-0.2, 0) is 11.2 Å². The summed E-state index contributed by atoms with van der Waals surface area (Å²) in [6.45, 7) is 7.84. The molecule has 9 heteroatoms. The van der Waals surface area contributed by atoms with E-state index in [0.29, 0.717) is 18.9 Å². The molecule has 0 atom stereocenters. The van der Waals surface area contributed by atoms with E-state index in [4.69, 9.17) is 4.74 Å². The van der Waals surface area contributed by atoms with Gasteiger partial charge < -0.3 is 20.3 Å². The topological polar surface area (TPSA) is 99.2 Å². The van der Waals surface area contributed by atoms with Gasteiger partial charge in [-0.05, 0) is 78.3 Å². The molecule has 2 N–H and O–H groups in total. The quantitative estimate of drug-likeness (QED) is 0.479. The summed E-state index contributed by atoms with van der Waals surface area (Å²) < 4.78 is 6.12. The molecule has 4 aliphatic rings. The van der Waals surface area contributed by atoms with Gasteiger partial charge in [-0.1, -0.05) is 25.7 Å². The van der Waals surface area contributed by atoms with Crippen LogP contribution in [0.2, 0.25) is 0 Å². The Bertz CT molecular complexity index is 1040. The smallest absolute Gasteiger partial charge is 0.342 e. The average molecular weight is 553 g/mol. The number of aliphatic imine (C=N–C) groups is 1. The summed E-state index contributed by atoms with van der Waals surface area (Å²) in [7, 11) is 0. The lowest BCUT2D eigenvalue weighted by Gasteiger charge is -2.36. The van der Waals surface area contributed by atoms with Gasteiger partial charge in [0.25, 0.3) is 0 Å². The number of fused-ring (bicyclic) bond motifs is 1. The van der Waals surface area contributed by atoms with Gasteiger partial charge in [-0.25, -0.2) is 9.78 Å². The molecule has 0 aromatic carbocycles. The first kappa shape index (κ1) is 28.8. The van der Waals surface area contributed by atoms with E-state index >= 15 is 0 Å². The fourth-order valence-electron chi connectivity index (χ4n) is 6.82. The van der Waals surface area contributed by atoms with E-state index < -0.39 is 0 Å². The van der Waals surface area contributed by atoms with E-state index in [1.54, 1.807) is 0 Å². The minimum Gasteiger partial charge on any atom is -0.476 e. The molecule has 2 aliphatic carbocycles. The summed E-state index contributed by atoms with van der Waals surface area (Å²) in [6.07, 6.45) is 15.4. The normalized spacial score (nSPS) is 25.2. The van der Waals surface area contributed by atoms with Crippen LogP contribution >= 0.6 is 0 Å².